The molecule has 4 rings (SSSR count). The fraction of sp³-hybridized carbons (Fsp3) is 0.120. The quantitative estimate of drug-likeness (QED) is 0.253. The molecule has 0 bridgehead atoms. The van der Waals surface area contributed by atoms with E-state index in [1.165, 1.54) is 4.90 Å². The highest BCUT2D eigenvalue weighted by molar-refractivity contribution is 9.11. The summed E-state index contributed by atoms with van der Waals surface area (Å²) >= 11 is 13.0. The largest absolute Gasteiger partial charge is 0.487 e. The summed E-state index contributed by atoms with van der Waals surface area (Å²) in [6, 6.07) is 18.4. The lowest BCUT2D eigenvalue weighted by Crippen LogP contribution is -2.30. The standard InChI is InChI=1S/C25H19Br2ClN2O3/c1-15-3-2-4-17(9-15)13-30-24(31)22(29-25(30)32)12-18-10-20(26)23(21(27)11-18)33-14-16-5-7-19(28)8-6-16/h2-12H,13-14H2,1H3,(H,29,32)/b22-12+. The zero-order chi connectivity index (χ0) is 23.5. The number of aryl methyl sites for hydroxylation is 1. The highest BCUT2D eigenvalue weighted by atomic mass is 79.9. The average molecular weight is 591 g/mol. The third kappa shape index (κ3) is 5.66. The number of nitrogens with zero attached hydrogens (tertiary/aromatic N) is 1. The van der Waals surface area contributed by atoms with Crippen molar-refractivity contribution in [3.63, 3.8) is 0 Å². The van der Waals surface area contributed by atoms with E-state index in [9.17, 15) is 9.59 Å². The van der Waals surface area contributed by atoms with Gasteiger partial charge in [0.25, 0.3) is 5.91 Å². The third-order valence-electron chi connectivity index (χ3n) is 5.01. The van der Waals surface area contributed by atoms with Crippen LogP contribution in [0, 0.1) is 6.92 Å². The monoisotopic (exact) mass is 588 g/mol. The van der Waals surface area contributed by atoms with Gasteiger partial charge < -0.3 is 10.1 Å². The molecule has 168 valence electrons. The van der Waals surface area contributed by atoms with Gasteiger partial charge in [0.05, 0.1) is 15.5 Å². The maximum atomic E-state index is 12.8. The molecule has 1 aliphatic heterocycles. The Morgan fingerprint density at radius 3 is 2.36 bits per heavy atom. The van der Waals surface area contributed by atoms with Crippen LogP contribution < -0.4 is 10.1 Å². The van der Waals surface area contributed by atoms with E-state index in [0.717, 1.165) is 22.3 Å². The fourth-order valence-corrected chi connectivity index (χ4v) is 4.99. The number of carbonyl (C=O) groups excluding carboxylic acids is 2. The van der Waals surface area contributed by atoms with Crippen molar-refractivity contribution in [2.75, 3.05) is 0 Å². The lowest BCUT2D eigenvalue weighted by molar-refractivity contribution is -0.123. The Balaban J connectivity index is 1.49. The number of halogens is 3. The summed E-state index contributed by atoms with van der Waals surface area (Å²) < 4.78 is 7.38. The van der Waals surface area contributed by atoms with E-state index < -0.39 is 6.03 Å². The summed E-state index contributed by atoms with van der Waals surface area (Å²) in [7, 11) is 0. The first-order valence-corrected chi connectivity index (χ1v) is 12.0. The number of rotatable bonds is 6. The van der Waals surface area contributed by atoms with E-state index in [2.05, 4.69) is 37.2 Å². The molecule has 0 atom stereocenters. The number of amides is 3. The molecule has 5 nitrogen and oxygen atoms in total. The van der Waals surface area contributed by atoms with Gasteiger partial charge in [0, 0.05) is 5.02 Å². The van der Waals surface area contributed by atoms with Crippen LogP contribution in [0.1, 0.15) is 22.3 Å². The maximum absolute atomic E-state index is 12.8. The molecule has 1 N–H and O–H groups in total. The van der Waals surface area contributed by atoms with Crippen LogP contribution in [0.4, 0.5) is 4.79 Å². The summed E-state index contributed by atoms with van der Waals surface area (Å²) in [4.78, 5) is 26.5. The van der Waals surface area contributed by atoms with Crippen LogP contribution in [0.15, 0.2) is 75.3 Å². The van der Waals surface area contributed by atoms with Gasteiger partial charge in [0.2, 0.25) is 0 Å². The molecule has 0 radical (unpaired) electrons. The van der Waals surface area contributed by atoms with Crippen molar-refractivity contribution in [3.05, 3.63) is 103 Å². The molecule has 0 aliphatic carbocycles. The maximum Gasteiger partial charge on any atom is 0.329 e. The molecule has 8 heteroatoms. The molecule has 3 aromatic rings. The average Bonchev–Trinajstić information content (AvgIpc) is 3.02. The molecular formula is C25H19Br2ClN2O3. The van der Waals surface area contributed by atoms with Crippen molar-refractivity contribution in [3.8, 4) is 5.75 Å². The molecule has 0 spiro atoms. The van der Waals surface area contributed by atoms with Gasteiger partial charge in [0.1, 0.15) is 18.1 Å². The number of ether oxygens (including phenoxy) is 1. The van der Waals surface area contributed by atoms with Gasteiger partial charge in [-0.25, -0.2) is 4.79 Å². The minimum atomic E-state index is -0.436. The van der Waals surface area contributed by atoms with E-state index >= 15 is 0 Å². The first kappa shape index (κ1) is 23.5. The van der Waals surface area contributed by atoms with Crippen LogP contribution in [-0.2, 0) is 17.9 Å². The van der Waals surface area contributed by atoms with Gasteiger partial charge in [-0.3, -0.25) is 9.69 Å². The number of carbonyl (C=O) groups is 2. The SMILES string of the molecule is Cc1cccc(CN2C(=O)N/C(=C/c3cc(Br)c(OCc4ccc(Cl)cc4)c(Br)c3)C2=O)c1. The minimum absolute atomic E-state index is 0.217. The number of hydrogen-bond donors (Lipinski definition) is 1. The van der Waals surface area contributed by atoms with Crippen molar-refractivity contribution in [1.82, 2.24) is 10.2 Å². The normalized spacial score (nSPS) is 14.7. The second-order valence-electron chi connectivity index (χ2n) is 7.60. The van der Waals surface area contributed by atoms with Crippen LogP contribution in [0.25, 0.3) is 6.08 Å². The van der Waals surface area contributed by atoms with Crippen LogP contribution >= 0.6 is 43.5 Å². The molecule has 1 saturated heterocycles. The van der Waals surface area contributed by atoms with E-state index in [-0.39, 0.29) is 18.1 Å². The Labute approximate surface area is 213 Å². The Hall–Kier alpha value is -2.61. The van der Waals surface area contributed by atoms with Gasteiger partial charge in [-0.15, -0.1) is 0 Å². The van der Waals surface area contributed by atoms with E-state index in [1.807, 2.05) is 67.6 Å². The van der Waals surface area contributed by atoms with E-state index in [0.29, 0.717) is 26.3 Å². The van der Waals surface area contributed by atoms with Crippen molar-refractivity contribution >= 4 is 61.5 Å². The number of urea groups is 1. The molecule has 3 aromatic carbocycles. The number of hydrogen-bond acceptors (Lipinski definition) is 3. The number of imide groups is 1. The number of benzene rings is 3. The Kier molecular flexibility index (Phi) is 7.22. The lowest BCUT2D eigenvalue weighted by Gasteiger charge is -2.12. The fourth-order valence-electron chi connectivity index (χ4n) is 3.41. The zero-order valence-corrected chi connectivity index (χ0v) is 21.5. The zero-order valence-electron chi connectivity index (χ0n) is 17.6. The molecule has 0 saturated carbocycles. The molecule has 1 fully saturated rings. The summed E-state index contributed by atoms with van der Waals surface area (Å²) in [5.41, 5.74) is 3.91. The van der Waals surface area contributed by atoms with E-state index in [1.54, 1.807) is 6.08 Å². The Bertz CT molecular complexity index is 1240. The van der Waals surface area contributed by atoms with Gasteiger partial charge in [-0.2, -0.15) is 0 Å². The molecule has 33 heavy (non-hydrogen) atoms. The molecule has 1 heterocycles. The van der Waals surface area contributed by atoms with Crippen LogP contribution in [0.3, 0.4) is 0 Å². The van der Waals surface area contributed by atoms with Crippen LogP contribution in [-0.4, -0.2) is 16.8 Å². The minimum Gasteiger partial charge on any atom is -0.487 e. The summed E-state index contributed by atoms with van der Waals surface area (Å²) in [5.74, 6) is 0.270. The molecule has 0 unspecified atom stereocenters. The first-order chi connectivity index (χ1) is 15.8. The Morgan fingerprint density at radius 2 is 1.70 bits per heavy atom. The smallest absolute Gasteiger partial charge is 0.329 e. The van der Waals surface area contributed by atoms with Gasteiger partial charge in [-0.05, 0) is 85.8 Å². The molecule has 1 aliphatic rings. The van der Waals surface area contributed by atoms with Crippen molar-refractivity contribution in [2.45, 2.75) is 20.1 Å². The Morgan fingerprint density at radius 1 is 1.00 bits per heavy atom. The summed E-state index contributed by atoms with van der Waals surface area (Å²) in [6.07, 6.45) is 1.65. The molecule has 0 aromatic heterocycles. The van der Waals surface area contributed by atoms with Gasteiger partial charge in [0.15, 0.2) is 0 Å². The van der Waals surface area contributed by atoms with Crippen LogP contribution in [0.5, 0.6) is 5.75 Å². The summed E-state index contributed by atoms with van der Waals surface area (Å²) in [6.45, 7) is 2.56. The van der Waals surface area contributed by atoms with Gasteiger partial charge >= 0.3 is 6.03 Å². The predicted octanol–water partition coefficient (Wildman–Crippen LogP) is 6.85. The molecule has 3 amide bonds. The van der Waals surface area contributed by atoms with Gasteiger partial charge in [-0.1, -0.05) is 53.6 Å². The predicted molar refractivity (Wildman–Crippen MR) is 136 cm³/mol. The lowest BCUT2D eigenvalue weighted by atomic mass is 10.1. The van der Waals surface area contributed by atoms with E-state index in [4.69, 9.17) is 16.3 Å². The highest BCUT2D eigenvalue weighted by Crippen LogP contribution is 2.36. The second kappa shape index (κ2) is 10.1. The first-order valence-electron chi connectivity index (χ1n) is 10.1. The second-order valence-corrected chi connectivity index (χ2v) is 9.74. The summed E-state index contributed by atoms with van der Waals surface area (Å²) in [5, 5.41) is 3.34. The number of nitrogens with one attached hydrogen (secondary N) is 1. The van der Waals surface area contributed by atoms with Crippen LogP contribution in [0.2, 0.25) is 5.02 Å². The molecular weight excluding hydrogens is 572 g/mol. The van der Waals surface area contributed by atoms with Crippen molar-refractivity contribution < 1.29 is 14.3 Å². The van der Waals surface area contributed by atoms with Crippen molar-refractivity contribution in [1.29, 1.82) is 0 Å². The van der Waals surface area contributed by atoms with Crippen molar-refractivity contribution in [2.24, 2.45) is 0 Å². The topological polar surface area (TPSA) is 58.6 Å². The third-order valence-corrected chi connectivity index (χ3v) is 6.44. The highest BCUT2D eigenvalue weighted by Gasteiger charge is 2.33.